The van der Waals surface area contributed by atoms with Crippen LogP contribution in [0.15, 0.2) is 90.5 Å². The Labute approximate surface area is 182 Å². The summed E-state index contributed by atoms with van der Waals surface area (Å²) in [7, 11) is 0. The molecule has 158 valence electrons. The topological polar surface area (TPSA) is 108 Å². The van der Waals surface area contributed by atoms with Crippen LogP contribution in [0.1, 0.15) is 5.56 Å². The molecule has 1 atom stereocenters. The summed E-state index contributed by atoms with van der Waals surface area (Å²) >= 11 is 0. The van der Waals surface area contributed by atoms with E-state index in [-0.39, 0.29) is 17.0 Å². The predicted molar refractivity (Wildman–Crippen MR) is 116 cm³/mol. The lowest BCUT2D eigenvalue weighted by molar-refractivity contribution is -0.141. The van der Waals surface area contributed by atoms with Crippen LogP contribution in [0.5, 0.6) is 5.75 Å². The molecule has 0 saturated carbocycles. The maximum Gasteiger partial charge on any atom is 0.360 e. The second-order valence-electron chi connectivity index (χ2n) is 7.24. The highest BCUT2D eigenvalue weighted by atomic mass is 16.5. The molecule has 3 aromatic rings. The van der Waals surface area contributed by atoms with Gasteiger partial charge in [0.1, 0.15) is 11.3 Å². The number of para-hydroxylation sites is 3. The number of hydrogen-bond acceptors (Lipinski definition) is 7. The van der Waals surface area contributed by atoms with Crippen molar-refractivity contribution in [3.8, 4) is 5.75 Å². The van der Waals surface area contributed by atoms with Crippen LogP contribution >= 0.6 is 0 Å². The normalized spacial score (nSPS) is 21.0. The number of nitrogens with one attached hydrogen (secondary N) is 2. The van der Waals surface area contributed by atoms with E-state index in [1.807, 2.05) is 6.07 Å². The van der Waals surface area contributed by atoms with E-state index in [0.29, 0.717) is 5.69 Å². The van der Waals surface area contributed by atoms with Crippen molar-refractivity contribution in [3.05, 3.63) is 96.1 Å². The molecule has 2 aliphatic rings. The number of nitrogens with zero attached hydrogens (tertiary/aromatic N) is 1. The number of aliphatic hydroxyl groups excluding tert-OH is 1. The first-order valence-electron chi connectivity index (χ1n) is 9.81. The Kier molecular flexibility index (Phi) is 4.49. The Bertz CT molecular complexity index is 1270. The molecule has 8 nitrogen and oxygen atoms in total. The van der Waals surface area contributed by atoms with Gasteiger partial charge in [0.25, 0.3) is 5.78 Å². The maximum atomic E-state index is 13.4. The number of rotatable bonds is 4. The Hall–Kier alpha value is -4.43. The number of esters is 1. The molecular formula is C24H17N3O5. The monoisotopic (exact) mass is 427 g/mol. The van der Waals surface area contributed by atoms with Gasteiger partial charge in [0.05, 0.1) is 5.69 Å². The quantitative estimate of drug-likeness (QED) is 0.147. The number of hydrogen-bond donors (Lipinski definition) is 3. The number of amides is 1. The highest BCUT2D eigenvalue weighted by Crippen LogP contribution is 2.46. The van der Waals surface area contributed by atoms with Gasteiger partial charge < -0.3 is 15.3 Å². The molecule has 1 saturated heterocycles. The summed E-state index contributed by atoms with van der Waals surface area (Å²) < 4.78 is 5.52. The molecule has 3 N–H and O–H groups in total. The number of aliphatic hydroxyl groups is 1. The van der Waals surface area contributed by atoms with E-state index in [0.717, 1.165) is 4.90 Å². The molecule has 3 aromatic carbocycles. The van der Waals surface area contributed by atoms with E-state index < -0.39 is 34.7 Å². The maximum absolute atomic E-state index is 13.4. The molecular weight excluding hydrogens is 410 g/mol. The Balaban J connectivity index is 1.74. The number of Topliss-reactive ketones (excluding diaryl/α,β-unsaturated/α-hetero) is 1. The number of anilines is 2. The zero-order valence-electron chi connectivity index (χ0n) is 16.6. The Morgan fingerprint density at radius 3 is 2.19 bits per heavy atom. The van der Waals surface area contributed by atoms with Gasteiger partial charge in [-0.15, -0.1) is 0 Å². The first-order valence-corrected chi connectivity index (χ1v) is 9.81. The van der Waals surface area contributed by atoms with Crippen molar-refractivity contribution in [1.82, 2.24) is 5.43 Å². The minimum atomic E-state index is -2.13. The molecule has 0 radical (unpaired) electrons. The summed E-state index contributed by atoms with van der Waals surface area (Å²) in [4.78, 5) is 40.8. The smallest absolute Gasteiger partial charge is 0.360 e. The minimum Gasteiger partial charge on any atom is -0.507 e. The minimum absolute atomic E-state index is 0.135. The highest BCUT2D eigenvalue weighted by Gasteiger charge is 2.66. The first-order chi connectivity index (χ1) is 15.5. The molecule has 1 fully saturated rings. The zero-order valence-corrected chi connectivity index (χ0v) is 16.6. The van der Waals surface area contributed by atoms with Gasteiger partial charge in [-0.1, -0.05) is 60.7 Å². The van der Waals surface area contributed by atoms with E-state index in [2.05, 4.69) is 10.9 Å². The molecule has 0 aliphatic carbocycles. The number of benzene rings is 3. The number of hydrazine groups is 1. The molecule has 2 aliphatic heterocycles. The van der Waals surface area contributed by atoms with E-state index in [1.54, 1.807) is 72.8 Å². The molecule has 5 rings (SSSR count). The average molecular weight is 427 g/mol. The van der Waals surface area contributed by atoms with Crippen LogP contribution in [-0.4, -0.2) is 28.4 Å². The van der Waals surface area contributed by atoms with Crippen LogP contribution in [-0.2, 0) is 14.4 Å². The van der Waals surface area contributed by atoms with Crippen molar-refractivity contribution in [1.29, 1.82) is 0 Å². The van der Waals surface area contributed by atoms with Gasteiger partial charge in [0, 0.05) is 11.3 Å². The largest absolute Gasteiger partial charge is 0.507 e. The van der Waals surface area contributed by atoms with E-state index in [1.165, 1.54) is 6.07 Å². The Morgan fingerprint density at radius 1 is 0.844 bits per heavy atom. The second kappa shape index (κ2) is 7.36. The molecule has 1 amide bonds. The summed E-state index contributed by atoms with van der Waals surface area (Å²) in [5.41, 5.74) is 4.20. The van der Waals surface area contributed by atoms with Crippen LogP contribution in [0.3, 0.4) is 0 Å². The number of carbonyl (C=O) groups is 3. The fraction of sp³-hybridized carbons (Fsp3) is 0.0417. The highest BCUT2D eigenvalue weighted by molar-refractivity contribution is 6.54. The predicted octanol–water partition coefficient (Wildman–Crippen LogP) is 2.80. The zero-order chi connectivity index (χ0) is 22.3. The molecule has 0 aromatic heterocycles. The molecule has 32 heavy (non-hydrogen) atoms. The van der Waals surface area contributed by atoms with Gasteiger partial charge >= 0.3 is 11.9 Å². The molecule has 2 heterocycles. The van der Waals surface area contributed by atoms with Crippen LogP contribution in [0.25, 0.3) is 5.76 Å². The van der Waals surface area contributed by atoms with Gasteiger partial charge in [-0.3, -0.25) is 14.5 Å². The van der Waals surface area contributed by atoms with Gasteiger partial charge in [0.2, 0.25) is 5.66 Å². The van der Waals surface area contributed by atoms with E-state index >= 15 is 0 Å². The number of carbonyl (C=O) groups excluding carboxylic acids is 3. The lowest BCUT2D eigenvalue weighted by atomic mass is 9.94. The summed E-state index contributed by atoms with van der Waals surface area (Å²) in [5.74, 6) is -3.27. The summed E-state index contributed by atoms with van der Waals surface area (Å²) in [6.07, 6.45) is 0. The SMILES string of the molecule is O=C1C(=O)N2c3ccccc3OC(=O)C2(NNc2ccccc2)/C1=C(\O)c1ccccc1. The first kappa shape index (κ1) is 19.5. The molecule has 0 spiro atoms. The third-order valence-corrected chi connectivity index (χ3v) is 5.37. The number of ketones is 1. The third kappa shape index (κ3) is 2.78. The molecule has 1 unspecified atom stereocenters. The van der Waals surface area contributed by atoms with Gasteiger partial charge in [-0.05, 0) is 24.3 Å². The fourth-order valence-electron chi connectivity index (χ4n) is 3.90. The number of ether oxygens (including phenoxy) is 1. The van der Waals surface area contributed by atoms with Crippen molar-refractivity contribution in [2.24, 2.45) is 0 Å². The lowest BCUT2D eigenvalue weighted by Crippen LogP contribution is -2.67. The van der Waals surface area contributed by atoms with Crippen molar-refractivity contribution >= 4 is 34.8 Å². The fourth-order valence-corrected chi connectivity index (χ4v) is 3.90. The van der Waals surface area contributed by atoms with Gasteiger partial charge in [-0.2, -0.15) is 5.43 Å². The number of fused-ring (bicyclic) bond motifs is 3. The summed E-state index contributed by atoms with van der Waals surface area (Å²) in [6.45, 7) is 0. The van der Waals surface area contributed by atoms with Crippen LogP contribution in [0.2, 0.25) is 0 Å². The summed E-state index contributed by atoms with van der Waals surface area (Å²) in [5, 5.41) is 11.1. The van der Waals surface area contributed by atoms with Crippen LogP contribution < -0.4 is 20.5 Å². The van der Waals surface area contributed by atoms with Crippen molar-refractivity contribution < 1.29 is 24.2 Å². The van der Waals surface area contributed by atoms with Crippen LogP contribution in [0, 0.1) is 0 Å². The third-order valence-electron chi connectivity index (χ3n) is 5.37. The van der Waals surface area contributed by atoms with Crippen LogP contribution in [0.4, 0.5) is 11.4 Å². The molecule has 0 bridgehead atoms. The van der Waals surface area contributed by atoms with Gasteiger partial charge in [0.15, 0.2) is 5.75 Å². The standard InChI is InChI=1S/C24H17N3O5/c28-20(15-9-3-1-4-10-15)19-21(29)22(30)27-17-13-7-8-14-18(17)32-23(31)24(19,27)26-25-16-11-5-2-6-12-16/h1-14,25-26,28H/b20-19-. The Morgan fingerprint density at radius 2 is 1.47 bits per heavy atom. The van der Waals surface area contributed by atoms with Crippen molar-refractivity contribution in [3.63, 3.8) is 0 Å². The average Bonchev–Trinajstić information content (AvgIpc) is 3.06. The second-order valence-corrected chi connectivity index (χ2v) is 7.24. The summed E-state index contributed by atoms with van der Waals surface area (Å²) in [6, 6.07) is 23.4. The van der Waals surface area contributed by atoms with Crippen molar-refractivity contribution in [2.75, 3.05) is 10.3 Å². The van der Waals surface area contributed by atoms with Gasteiger partial charge in [-0.25, -0.2) is 4.79 Å². The van der Waals surface area contributed by atoms with E-state index in [4.69, 9.17) is 4.74 Å². The van der Waals surface area contributed by atoms with E-state index in [9.17, 15) is 19.5 Å². The molecule has 8 heteroatoms. The van der Waals surface area contributed by atoms with Crippen molar-refractivity contribution in [2.45, 2.75) is 5.66 Å². The lowest BCUT2D eigenvalue weighted by Gasteiger charge is -2.40.